The van der Waals surface area contributed by atoms with Crippen LogP contribution in [0.15, 0.2) is 24.3 Å². The lowest BCUT2D eigenvalue weighted by Crippen LogP contribution is -2.44. The number of hydrogen-bond donors (Lipinski definition) is 1. The van der Waals surface area contributed by atoms with Crippen molar-refractivity contribution in [2.24, 2.45) is 11.1 Å². The summed E-state index contributed by atoms with van der Waals surface area (Å²) < 4.78 is 39.6. The Morgan fingerprint density at radius 3 is 2.10 bits per heavy atom. The molecule has 120 valence electrons. The summed E-state index contributed by atoms with van der Waals surface area (Å²) in [5.74, 6) is 0. The van der Waals surface area contributed by atoms with Crippen LogP contribution in [0.3, 0.4) is 0 Å². The second kappa shape index (κ2) is 6.36. The van der Waals surface area contributed by atoms with Crippen LogP contribution in [0.25, 0.3) is 0 Å². The van der Waals surface area contributed by atoms with E-state index in [9.17, 15) is 13.2 Å². The number of nitrogens with zero attached hydrogens (tertiary/aromatic N) is 1. The van der Waals surface area contributed by atoms with Crippen LogP contribution in [0.2, 0.25) is 0 Å². The molecule has 2 atom stereocenters. The van der Waals surface area contributed by atoms with E-state index >= 15 is 0 Å². The molecule has 2 unspecified atom stereocenters. The van der Waals surface area contributed by atoms with E-state index in [4.69, 9.17) is 5.73 Å². The molecule has 2 N–H and O–H groups in total. The van der Waals surface area contributed by atoms with E-state index < -0.39 is 17.8 Å². The summed E-state index contributed by atoms with van der Waals surface area (Å²) in [6.45, 7) is 8.36. The van der Waals surface area contributed by atoms with Gasteiger partial charge >= 0.3 is 6.18 Å². The zero-order chi connectivity index (χ0) is 16.4. The zero-order valence-corrected chi connectivity index (χ0v) is 13.3. The summed E-state index contributed by atoms with van der Waals surface area (Å²) in [6, 6.07) is 5.31. The molecule has 0 bridgehead atoms. The number of likely N-dealkylation sites (N-methyl/N-ethyl adjacent to an activating group) is 1. The molecule has 0 radical (unpaired) electrons. The molecule has 0 aromatic heterocycles. The Morgan fingerprint density at radius 1 is 1.14 bits per heavy atom. The molecule has 0 amide bonds. The maximum atomic E-state index is 13.2. The fraction of sp³-hybridized carbons (Fsp3) is 0.625. The van der Waals surface area contributed by atoms with Gasteiger partial charge in [0.25, 0.3) is 0 Å². The number of nitrogens with two attached hydrogens (primary N) is 1. The lowest BCUT2D eigenvalue weighted by molar-refractivity contribution is -0.138. The normalized spacial score (nSPS) is 16.1. The molecule has 0 saturated heterocycles. The maximum absolute atomic E-state index is 13.2. The van der Waals surface area contributed by atoms with Gasteiger partial charge < -0.3 is 5.73 Å². The molecular weight excluding hydrogens is 277 g/mol. The van der Waals surface area contributed by atoms with Crippen molar-refractivity contribution >= 4 is 0 Å². The number of hydrogen-bond acceptors (Lipinski definition) is 2. The van der Waals surface area contributed by atoms with Crippen molar-refractivity contribution in [2.75, 3.05) is 13.6 Å². The molecule has 1 aromatic rings. The zero-order valence-electron chi connectivity index (χ0n) is 13.3. The number of rotatable bonds is 4. The van der Waals surface area contributed by atoms with Crippen LogP contribution in [0.5, 0.6) is 0 Å². The highest BCUT2D eigenvalue weighted by Gasteiger charge is 2.37. The van der Waals surface area contributed by atoms with Crippen LogP contribution >= 0.6 is 0 Å². The summed E-state index contributed by atoms with van der Waals surface area (Å²) in [4.78, 5) is 1.94. The van der Waals surface area contributed by atoms with E-state index in [1.165, 1.54) is 12.1 Å². The van der Waals surface area contributed by atoms with Gasteiger partial charge in [-0.25, -0.2) is 0 Å². The Balaban J connectivity index is 3.23. The third-order valence-electron chi connectivity index (χ3n) is 4.20. The highest BCUT2D eigenvalue weighted by molar-refractivity contribution is 5.32. The molecule has 0 spiro atoms. The molecule has 0 saturated carbocycles. The van der Waals surface area contributed by atoms with Crippen LogP contribution in [0.1, 0.15) is 44.9 Å². The molecule has 0 aliphatic carbocycles. The van der Waals surface area contributed by atoms with Crippen LogP contribution in [-0.4, -0.2) is 24.5 Å². The van der Waals surface area contributed by atoms with Gasteiger partial charge in [0.2, 0.25) is 0 Å². The lowest BCUT2D eigenvalue weighted by Gasteiger charge is -2.40. The van der Waals surface area contributed by atoms with Crippen molar-refractivity contribution in [3.63, 3.8) is 0 Å². The van der Waals surface area contributed by atoms with Gasteiger partial charge in [0.15, 0.2) is 0 Å². The smallest absolute Gasteiger partial charge is 0.329 e. The summed E-state index contributed by atoms with van der Waals surface area (Å²) >= 11 is 0. The fourth-order valence-corrected chi connectivity index (χ4v) is 2.44. The SMILES string of the molecule is CC(N(C)C(CN)c1ccccc1C(F)(F)F)C(C)(C)C. The molecule has 0 fully saturated rings. The standard InChI is InChI=1S/C16H25F3N2/c1-11(15(2,3)4)21(5)14(10-20)12-8-6-7-9-13(12)16(17,18)19/h6-9,11,14H,10,20H2,1-5H3. The first kappa shape index (κ1) is 18.0. The first-order valence-electron chi connectivity index (χ1n) is 7.08. The monoisotopic (exact) mass is 302 g/mol. The summed E-state index contributed by atoms with van der Waals surface area (Å²) in [7, 11) is 1.83. The maximum Gasteiger partial charge on any atom is 0.416 e. The third kappa shape index (κ3) is 4.20. The molecule has 21 heavy (non-hydrogen) atoms. The Morgan fingerprint density at radius 2 is 1.67 bits per heavy atom. The molecule has 0 aliphatic rings. The number of halogens is 3. The minimum Gasteiger partial charge on any atom is -0.329 e. The highest BCUT2D eigenvalue weighted by atomic mass is 19.4. The molecule has 5 heteroatoms. The average molecular weight is 302 g/mol. The molecule has 2 nitrogen and oxygen atoms in total. The molecular formula is C16H25F3N2. The van der Waals surface area contributed by atoms with E-state index in [1.807, 2.05) is 18.9 Å². The van der Waals surface area contributed by atoms with Crippen molar-refractivity contribution in [1.29, 1.82) is 0 Å². The van der Waals surface area contributed by atoms with Gasteiger partial charge in [-0.05, 0) is 31.0 Å². The van der Waals surface area contributed by atoms with E-state index in [1.54, 1.807) is 6.07 Å². The van der Waals surface area contributed by atoms with E-state index in [2.05, 4.69) is 20.8 Å². The van der Waals surface area contributed by atoms with Crippen molar-refractivity contribution in [3.8, 4) is 0 Å². The van der Waals surface area contributed by atoms with E-state index in [0.29, 0.717) is 0 Å². The van der Waals surface area contributed by atoms with Crippen LogP contribution in [0.4, 0.5) is 13.2 Å². The summed E-state index contributed by atoms with van der Waals surface area (Å²) in [5, 5.41) is 0. The first-order chi connectivity index (χ1) is 9.50. The van der Waals surface area contributed by atoms with Crippen molar-refractivity contribution in [1.82, 2.24) is 4.90 Å². The van der Waals surface area contributed by atoms with E-state index in [-0.39, 0.29) is 23.6 Å². The molecule has 1 aromatic carbocycles. The third-order valence-corrected chi connectivity index (χ3v) is 4.20. The quantitative estimate of drug-likeness (QED) is 0.908. The summed E-state index contributed by atoms with van der Waals surface area (Å²) in [6.07, 6.45) is -4.37. The minimum atomic E-state index is -4.37. The van der Waals surface area contributed by atoms with Crippen molar-refractivity contribution < 1.29 is 13.2 Å². The average Bonchev–Trinajstić information content (AvgIpc) is 2.37. The van der Waals surface area contributed by atoms with Crippen molar-refractivity contribution in [2.45, 2.75) is 46.0 Å². The predicted octanol–water partition coefficient (Wildman–Crippen LogP) is 4.07. The van der Waals surface area contributed by atoms with Gasteiger partial charge in [-0.15, -0.1) is 0 Å². The second-order valence-corrected chi connectivity index (χ2v) is 6.54. The Kier molecular flexibility index (Phi) is 5.45. The first-order valence-corrected chi connectivity index (χ1v) is 7.08. The Hall–Kier alpha value is -1.07. The van der Waals surface area contributed by atoms with Crippen LogP contribution in [0, 0.1) is 5.41 Å². The Labute approximate surface area is 125 Å². The highest BCUT2D eigenvalue weighted by Crippen LogP contribution is 2.37. The topological polar surface area (TPSA) is 29.3 Å². The van der Waals surface area contributed by atoms with Gasteiger partial charge in [0, 0.05) is 18.6 Å². The van der Waals surface area contributed by atoms with Gasteiger partial charge in [-0.1, -0.05) is 39.0 Å². The predicted molar refractivity (Wildman–Crippen MR) is 79.9 cm³/mol. The van der Waals surface area contributed by atoms with Crippen molar-refractivity contribution in [3.05, 3.63) is 35.4 Å². The lowest BCUT2D eigenvalue weighted by atomic mass is 9.85. The fourth-order valence-electron chi connectivity index (χ4n) is 2.44. The van der Waals surface area contributed by atoms with Crippen LogP contribution < -0.4 is 5.73 Å². The largest absolute Gasteiger partial charge is 0.416 e. The molecule has 1 rings (SSSR count). The molecule has 0 aliphatic heterocycles. The summed E-state index contributed by atoms with van der Waals surface area (Å²) in [5.41, 5.74) is 5.38. The van der Waals surface area contributed by atoms with Gasteiger partial charge in [-0.3, -0.25) is 4.90 Å². The van der Waals surface area contributed by atoms with Gasteiger partial charge in [-0.2, -0.15) is 13.2 Å². The van der Waals surface area contributed by atoms with Crippen LogP contribution in [-0.2, 0) is 6.18 Å². The van der Waals surface area contributed by atoms with Gasteiger partial charge in [0.1, 0.15) is 0 Å². The Bertz CT molecular complexity index is 463. The van der Waals surface area contributed by atoms with E-state index in [0.717, 1.165) is 6.07 Å². The van der Waals surface area contributed by atoms with Gasteiger partial charge in [0.05, 0.1) is 5.56 Å². The molecule has 0 heterocycles. The second-order valence-electron chi connectivity index (χ2n) is 6.54. The number of alkyl halides is 3. The minimum absolute atomic E-state index is 0.0463. The number of benzene rings is 1.